The van der Waals surface area contributed by atoms with E-state index < -0.39 is 0 Å². The third kappa shape index (κ3) is 1.66. The molecule has 4 heteroatoms. The minimum absolute atomic E-state index is 0.129. The molecule has 4 nitrogen and oxygen atoms in total. The van der Waals surface area contributed by atoms with Crippen molar-refractivity contribution in [3.63, 3.8) is 0 Å². The summed E-state index contributed by atoms with van der Waals surface area (Å²) in [5.41, 5.74) is 13.8. The summed E-state index contributed by atoms with van der Waals surface area (Å²) in [5.74, 6) is 0.837. The summed E-state index contributed by atoms with van der Waals surface area (Å²) < 4.78 is 7.27. The van der Waals surface area contributed by atoms with E-state index in [0.29, 0.717) is 6.54 Å². The van der Waals surface area contributed by atoms with Gasteiger partial charge in [0.15, 0.2) is 0 Å². The number of aromatic nitrogens is 1. The van der Waals surface area contributed by atoms with Gasteiger partial charge in [-0.15, -0.1) is 0 Å². The Labute approximate surface area is 94.8 Å². The van der Waals surface area contributed by atoms with E-state index in [1.165, 1.54) is 0 Å². The SMILES string of the molecule is COc1ccc2c(c1)c(C(N)CN)cn2C. The van der Waals surface area contributed by atoms with Crippen molar-refractivity contribution in [2.45, 2.75) is 6.04 Å². The Morgan fingerprint density at radius 3 is 2.81 bits per heavy atom. The van der Waals surface area contributed by atoms with Crippen LogP contribution in [-0.4, -0.2) is 18.2 Å². The molecule has 0 spiro atoms. The van der Waals surface area contributed by atoms with Gasteiger partial charge in [0.2, 0.25) is 0 Å². The second-order valence-corrected chi connectivity index (χ2v) is 3.92. The number of ether oxygens (including phenoxy) is 1. The predicted molar refractivity (Wildman–Crippen MR) is 65.5 cm³/mol. The number of rotatable bonds is 3. The third-order valence-electron chi connectivity index (χ3n) is 2.88. The van der Waals surface area contributed by atoms with Crippen LogP contribution in [0.15, 0.2) is 24.4 Å². The van der Waals surface area contributed by atoms with Gasteiger partial charge in [0.05, 0.1) is 7.11 Å². The molecule has 0 aliphatic rings. The molecule has 0 saturated carbocycles. The van der Waals surface area contributed by atoms with Gasteiger partial charge in [0.25, 0.3) is 0 Å². The molecule has 0 radical (unpaired) electrons. The zero-order valence-electron chi connectivity index (χ0n) is 9.60. The number of methoxy groups -OCH3 is 1. The first-order chi connectivity index (χ1) is 7.67. The van der Waals surface area contributed by atoms with Crippen molar-refractivity contribution in [1.82, 2.24) is 4.57 Å². The fraction of sp³-hybridized carbons (Fsp3) is 0.333. The average Bonchev–Trinajstić information content (AvgIpc) is 2.65. The molecule has 0 fully saturated rings. The number of hydrogen-bond acceptors (Lipinski definition) is 3. The van der Waals surface area contributed by atoms with Crippen LogP contribution in [0.3, 0.4) is 0 Å². The number of benzene rings is 1. The van der Waals surface area contributed by atoms with Crippen LogP contribution in [0.25, 0.3) is 10.9 Å². The number of nitrogens with two attached hydrogens (primary N) is 2. The Kier molecular flexibility index (Phi) is 2.85. The van der Waals surface area contributed by atoms with E-state index in [9.17, 15) is 0 Å². The fourth-order valence-electron chi connectivity index (χ4n) is 1.95. The summed E-state index contributed by atoms with van der Waals surface area (Å²) in [5, 5.41) is 1.11. The molecular weight excluding hydrogens is 202 g/mol. The number of hydrogen-bond donors (Lipinski definition) is 2. The number of aryl methyl sites for hydroxylation is 1. The Morgan fingerprint density at radius 2 is 2.19 bits per heavy atom. The van der Waals surface area contributed by atoms with Crippen LogP contribution in [-0.2, 0) is 7.05 Å². The monoisotopic (exact) mass is 219 g/mol. The molecule has 4 N–H and O–H groups in total. The normalized spacial score (nSPS) is 13.0. The van der Waals surface area contributed by atoms with Crippen LogP contribution >= 0.6 is 0 Å². The topological polar surface area (TPSA) is 66.2 Å². The first-order valence-electron chi connectivity index (χ1n) is 5.26. The molecule has 2 rings (SSSR count). The molecule has 1 atom stereocenters. The highest BCUT2D eigenvalue weighted by Gasteiger charge is 2.12. The Morgan fingerprint density at radius 1 is 1.44 bits per heavy atom. The molecule has 1 aromatic heterocycles. The standard InChI is InChI=1S/C12H17N3O/c1-15-7-10(11(14)6-13)9-5-8(16-2)3-4-12(9)15/h3-5,7,11H,6,13-14H2,1-2H3. The summed E-state index contributed by atoms with van der Waals surface area (Å²) in [6.45, 7) is 0.441. The molecule has 0 aliphatic heterocycles. The smallest absolute Gasteiger partial charge is 0.119 e. The minimum Gasteiger partial charge on any atom is -0.497 e. The second-order valence-electron chi connectivity index (χ2n) is 3.92. The van der Waals surface area contributed by atoms with Crippen molar-refractivity contribution >= 4 is 10.9 Å². The summed E-state index contributed by atoms with van der Waals surface area (Å²) in [7, 11) is 3.66. The lowest BCUT2D eigenvalue weighted by molar-refractivity contribution is 0.415. The highest BCUT2D eigenvalue weighted by atomic mass is 16.5. The maximum atomic E-state index is 5.99. The van der Waals surface area contributed by atoms with Crippen molar-refractivity contribution in [3.8, 4) is 5.75 Å². The molecule has 2 aromatic rings. The summed E-state index contributed by atoms with van der Waals surface area (Å²) in [6.07, 6.45) is 2.03. The maximum Gasteiger partial charge on any atom is 0.119 e. The summed E-state index contributed by atoms with van der Waals surface area (Å²) in [6, 6.07) is 5.84. The van der Waals surface area contributed by atoms with Crippen LogP contribution in [0.1, 0.15) is 11.6 Å². The zero-order chi connectivity index (χ0) is 11.7. The molecule has 1 heterocycles. The van der Waals surface area contributed by atoms with Crippen LogP contribution in [0.4, 0.5) is 0 Å². The van der Waals surface area contributed by atoms with E-state index in [0.717, 1.165) is 22.2 Å². The maximum absolute atomic E-state index is 5.99. The van der Waals surface area contributed by atoms with Gasteiger partial charge in [-0.3, -0.25) is 0 Å². The lowest BCUT2D eigenvalue weighted by Gasteiger charge is -2.07. The van der Waals surface area contributed by atoms with E-state index in [-0.39, 0.29) is 6.04 Å². The Balaban J connectivity index is 2.65. The number of fused-ring (bicyclic) bond motifs is 1. The summed E-state index contributed by atoms with van der Waals surface area (Å²) >= 11 is 0. The van der Waals surface area contributed by atoms with Gasteiger partial charge in [0.1, 0.15) is 5.75 Å². The highest BCUT2D eigenvalue weighted by Crippen LogP contribution is 2.28. The number of nitrogens with zero attached hydrogens (tertiary/aromatic N) is 1. The Bertz CT molecular complexity index is 504. The lowest BCUT2D eigenvalue weighted by Crippen LogP contribution is -2.20. The van der Waals surface area contributed by atoms with Crippen LogP contribution in [0, 0.1) is 0 Å². The van der Waals surface area contributed by atoms with E-state index in [4.69, 9.17) is 16.2 Å². The third-order valence-corrected chi connectivity index (χ3v) is 2.88. The second kappa shape index (κ2) is 4.15. The van der Waals surface area contributed by atoms with E-state index in [1.54, 1.807) is 7.11 Å². The first-order valence-corrected chi connectivity index (χ1v) is 5.26. The molecule has 1 unspecified atom stereocenters. The molecular formula is C12H17N3O. The summed E-state index contributed by atoms with van der Waals surface area (Å²) in [4.78, 5) is 0. The largest absolute Gasteiger partial charge is 0.497 e. The quantitative estimate of drug-likeness (QED) is 0.813. The molecule has 16 heavy (non-hydrogen) atoms. The van der Waals surface area contributed by atoms with Crippen molar-refractivity contribution < 1.29 is 4.74 Å². The zero-order valence-corrected chi connectivity index (χ0v) is 9.60. The molecule has 0 bridgehead atoms. The molecule has 0 amide bonds. The van der Waals surface area contributed by atoms with Gasteiger partial charge in [-0.25, -0.2) is 0 Å². The Hall–Kier alpha value is -1.52. The van der Waals surface area contributed by atoms with Crippen molar-refractivity contribution in [2.24, 2.45) is 18.5 Å². The molecule has 0 aliphatic carbocycles. The van der Waals surface area contributed by atoms with Crippen LogP contribution < -0.4 is 16.2 Å². The molecule has 1 aromatic carbocycles. The van der Waals surface area contributed by atoms with Gasteiger partial charge in [-0.1, -0.05) is 0 Å². The van der Waals surface area contributed by atoms with Gasteiger partial charge in [-0.05, 0) is 23.8 Å². The van der Waals surface area contributed by atoms with Crippen molar-refractivity contribution in [1.29, 1.82) is 0 Å². The fourth-order valence-corrected chi connectivity index (χ4v) is 1.95. The first kappa shape index (κ1) is 11.0. The van der Waals surface area contributed by atoms with Crippen molar-refractivity contribution in [3.05, 3.63) is 30.0 Å². The highest BCUT2D eigenvalue weighted by molar-refractivity contribution is 5.85. The van der Waals surface area contributed by atoms with E-state index in [1.807, 2.05) is 31.4 Å². The van der Waals surface area contributed by atoms with E-state index in [2.05, 4.69) is 4.57 Å². The van der Waals surface area contributed by atoms with Gasteiger partial charge >= 0.3 is 0 Å². The van der Waals surface area contributed by atoms with Gasteiger partial charge in [0, 0.05) is 36.7 Å². The molecule has 86 valence electrons. The predicted octanol–water partition coefficient (Wildman–Crippen LogP) is 1.15. The minimum atomic E-state index is -0.129. The lowest BCUT2D eigenvalue weighted by atomic mass is 10.1. The van der Waals surface area contributed by atoms with E-state index >= 15 is 0 Å². The molecule has 0 saturated heterocycles. The van der Waals surface area contributed by atoms with Gasteiger partial charge in [-0.2, -0.15) is 0 Å². The van der Waals surface area contributed by atoms with Gasteiger partial charge < -0.3 is 20.8 Å². The van der Waals surface area contributed by atoms with Crippen LogP contribution in [0.5, 0.6) is 5.75 Å². The van der Waals surface area contributed by atoms with Crippen molar-refractivity contribution in [2.75, 3.05) is 13.7 Å². The van der Waals surface area contributed by atoms with Crippen LogP contribution in [0.2, 0.25) is 0 Å². The average molecular weight is 219 g/mol.